The molecule has 0 radical (unpaired) electrons. The molecule has 0 aliphatic carbocycles. The van der Waals surface area contributed by atoms with E-state index in [1.807, 2.05) is 23.6 Å². The van der Waals surface area contributed by atoms with Crippen molar-refractivity contribution in [2.24, 2.45) is 0 Å². The molecule has 3 nitrogen and oxygen atoms in total. The largest absolute Gasteiger partial charge is 0.185 e. The minimum absolute atomic E-state index is 0.680. The van der Waals surface area contributed by atoms with Gasteiger partial charge in [-0.05, 0) is 23.4 Å². The van der Waals surface area contributed by atoms with E-state index in [0.717, 1.165) is 16.6 Å². The van der Waals surface area contributed by atoms with E-state index in [1.54, 1.807) is 0 Å². The van der Waals surface area contributed by atoms with E-state index in [1.165, 1.54) is 23.5 Å². The SMILES string of the molecule is N#CSCc1cccc2nsnc12. The van der Waals surface area contributed by atoms with Gasteiger partial charge in [-0.15, -0.1) is 0 Å². The minimum Gasteiger partial charge on any atom is -0.185 e. The van der Waals surface area contributed by atoms with Gasteiger partial charge >= 0.3 is 0 Å². The summed E-state index contributed by atoms with van der Waals surface area (Å²) in [5.74, 6) is 0.680. The Morgan fingerprint density at radius 2 is 2.38 bits per heavy atom. The highest BCUT2D eigenvalue weighted by molar-refractivity contribution is 8.02. The molecule has 13 heavy (non-hydrogen) atoms. The Labute approximate surface area is 83.7 Å². The maximum atomic E-state index is 8.43. The topological polar surface area (TPSA) is 49.6 Å². The van der Waals surface area contributed by atoms with E-state index < -0.39 is 0 Å². The Morgan fingerprint density at radius 1 is 1.46 bits per heavy atom. The molecule has 0 N–H and O–H groups in total. The molecular formula is C8H5N3S2. The summed E-state index contributed by atoms with van der Waals surface area (Å²) in [5.41, 5.74) is 2.93. The van der Waals surface area contributed by atoms with Crippen molar-refractivity contribution in [3.05, 3.63) is 23.8 Å². The Bertz CT molecular complexity index is 458. The van der Waals surface area contributed by atoms with Gasteiger partial charge in [0.1, 0.15) is 16.4 Å². The van der Waals surface area contributed by atoms with E-state index in [0.29, 0.717) is 5.75 Å². The molecule has 0 unspecified atom stereocenters. The Kier molecular flexibility index (Phi) is 2.43. The standard InChI is InChI=1S/C8H5N3S2/c9-5-12-4-6-2-1-3-7-8(6)11-13-10-7/h1-3H,4H2. The number of hydrogen-bond acceptors (Lipinski definition) is 5. The normalized spacial score (nSPS) is 10.1. The first-order chi connectivity index (χ1) is 6.42. The van der Waals surface area contributed by atoms with Crippen molar-refractivity contribution >= 4 is 34.5 Å². The highest BCUT2D eigenvalue weighted by Crippen LogP contribution is 2.20. The molecule has 0 amide bonds. The van der Waals surface area contributed by atoms with Crippen molar-refractivity contribution in [1.82, 2.24) is 8.75 Å². The number of nitrogens with zero attached hydrogens (tertiary/aromatic N) is 3. The van der Waals surface area contributed by atoms with Gasteiger partial charge in [-0.3, -0.25) is 0 Å². The number of thioether (sulfide) groups is 1. The van der Waals surface area contributed by atoms with Gasteiger partial charge in [0.2, 0.25) is 0 Å². The summed E-state index contributed by atoms with van der Waals surface area (Å²) in [6.45, 7) is 0. The fourth-order valence-electron chi connectivity index (χ4n) is 1.09. The summed E-state index contributed by atoms with van der Waals surface area (Å²) < 4.78 is 8.31. The molecule has 0 aliphatic heterocycles. The van der Waals surface area contributed by atoms with Crippen molar-refractivity contribution < 1.29 is 0 Å². The molecular weight excluding hydrogens is 202 g/mol. The van der Waals surface area contributed by atoms with E-state index >= 15 is 0 Å². The van der Waals surface area contributed by atoms with Crippen LogP contribution in [0.25, 0.3) is 11.0 Å². The summed E-state index contributed by atoms with van der Waals surface area (Å²) in [6, 6.07) is 5.85. The molecule has 5 heteroatoms. The predicted molar refractivity (Wildman–Crippen MR) is 54.3 cm³/mol. The molecule has 1 aromatic carbocycles. The van der Waals surface area contributed by atoms with Crippen LogP contribution >= 0.6 is 23.5 Å². The summed E-state index contributed by atoms with van der Waals surface area (Å²) in [7, 11) is 0. The van der Waals surface area contributed by atoms with Gasteiger partial charge in [0, 0.05) is 5.75 Å². The molecule has 0 bridgehead atoms. The Morgan fingerprint density at radius 3 is 3.23 bits per heavy atom. The summed E-state index contributed by atoms with van der Waals surface area (Å²) in [4.78, 5) is 0. The summed E-state index contributed by atoms with van der Waals surface area (Å²) in [5, 5.41) is 10.5. The average molecular weight is 207 g/mol. The van der Waals surface area contributed by atoms with Gasteiger partial charge in [-0.2, -0.15) is 14.0 Å². The van der Waals surface area contributed by atoms with Crippen LogP contribution in [0.3, 0.4) is 0 Å². The first-order valence-corrected chi connectivity index (χ1v) is 5.34. The quantitative estimate of drug-likeness (QED) is 0.709. The monoisotopic (exact) mass is 207 g/mol. The van der Waals surface area contributed by atoms with Crippen LogP contribution in [0.5, 0.6) is 0 Å². The number of aromatic nitrogens is 2. The first kappa shape index (κ1) is 8.48. The molecule has 0 saturated carbocycles. The van der Waals surface area contributed by atoms with Crippen molar-refractivity contribution in [1.29, 1.82) is 5.26 Å². The second kappa shape index (κ2) is 3.73. The number of thiocyanates is 1. The van der Waals surface area contributed by atoms with Crippen molar-refractivity contribution in [2.45, 2.75) is 5.75 Å². The third-order valence-electron chi connectivity index (χ3n) is 1.66. The van der Waals surface area contributed by atoms with Gasteiger partial charge < -0.3 is 0 Å². The zero-order valence-electron chi connectivity index (χ0n) is 6.60. The lowest BCUT2D eigenvalue weighted by molar-refractivity contribution is 1.43. The molecule has 1 heterocycles. The number of rotatable bonds is 2. The third kappa shape index (κ3) is 1.64. The molecule has 1 aromatic heterocycles. The first-order valence-electron chi connectivity index (χ1n) is 3.63. The predicted octanol–water partition coefficient (Wildman–Crippen LogP) is 2.41. The molecule has 64 valence electrons. The molecule has 2 rings (SSSR count). The van der Waals surface area contributed by atoms with E-state index in [-0.39, 0.29) is 0 Å². The lowest BCUT2D eigenvalue weighted by Gasteiger charge is -1.95. The highest BCUT2D eigenvalue weighted by atomic mass is 32.2. The van der Waals surface area contributed by atoms with Crippen LogP contribution in [0.4, 0.5) is 0 Å². The maximum absolute atomic E-state index is 8.43. The molecule has 0 saturated heterocycles. The second-order valence-electron chi connectivity index (χ2n) is 2.43. The highest BCUT2D eigenvalue weighted by Gasteiger charge is 2.03. The maximum Gasteiger partial charge on any atom is 0.133 e. The fourth-order valence-corrected chi connectivity index (χ4v) is 2.11. The van der Waals surface area contributed by atoms with E-state index in [9.17, 15) is 0 Å². The van der Waals surface area contributed by atoms with Gasteiger partial charge in [-0.25, -0.2) is 0 Å². The van der Waals surface area contributed by atoms with Crippen LogP contribution in [-0.2, 0) is 5.75 Å². The van der Waals surface area contributed by atoms with Crippen molar-refractivity contribution in [2.75, 3.05) is 0 Å². The number of hydrogen-bond donors (Lipinski definition) is 0. The van der Waals surface area contributed by atoms with Crippen LogP contribution in [0.15, 0.2) is 18.2 Å². The Balaban J connectivity index is 2.44. The lowest BCUT2D eigenvalue weighted by atomic mass is 10.2. The number of fused-ring (bicyclic) bond motifs is 1. The van der Waals surface area contributed by atoms with Crippen LogP contribution < -0.4 is 0 Å². The van der Waals surface area contributed by atoms with Gasteiger partial charge in [-0.1, -0.05) is 12.1 Å². The number of nitriles is 1. The summed E-state index contributed by atoms with van der Waals surface area (Å²) in [6.07, 6.45) is 0. The van der Waals surface area contributed by atoms with E-state index in [2.05, 4.69) is 8.75 Å². The van der Waals surface area contributed by atoms with Crippen LogP contribution in [-0.4, -0.2) is 8.75 Å². The van der Waals surface area contributed by atoms with E-state index in [4.69, 9.17) is 5.26 Å². The summed E-state index contributed by atoms with van der Waals surface area (Å²) >= 11 is 2.43. The number of benzene rings is 1. The minimum atomic E-state index is 0.680. The zero-order valence-corrected chi connectivity index (χ0v) is 8.23. The van der Waals surface area contributed by atoms with Crippen molar-refractivity contribution in [3.63, 3.8) is 0 Å². The van der Waals surface area contributed by atoms with Gasteiger partial charge in [0.25, 0.3) is 0 Å². The van der Waals surface area contributed by atoms with Crippen molar-refractivity contribution in [3.8, 4) is 5.40 Å². The second-order valence-corrected chi connectivity index (χ2v) is 3.72. The van der Waals surface area contributed by atoms with Crippen LogP contribution in [0, 0.1) is 10.7 Å². The average Bonchev–Trinajstić information content (AvgIpc) is 2.62. The third-order valence-corrected chi connectivity index (χ3v) is 2.79. The molecule has 0 spiro atoms. The molecule has 0 aliphatic rings. The fraction of sp³-hybridized carbons (Fsp3) is 0.125. The van der Waals surface area contributed by atoms with Gasteiger partial charge in [0.05, 0.1) is 11.7 Å². The van der Waals surface area contributed by atoms with Crippen LogP contribution in [0.1, 0.15) is 5.56 Å². The lowest BCUT2D eigenvalue weighted by Crippen LogP contribution is -1.81. The molecule has 0 atom stereocenters. The van der Waals surface area contributed by atoms with Gasteiger partial charge in [0.15, 0.2) is 0 Å². The smallest absolute Gasteiger partial charge is 0.133 e. The Hall–Kier alpha value is -1.12. The molecule has 0 fully saturated rings. The van der Waals surface area contributed by atoms with Crippen LogP contribution in [0.2, 0.25) is 0 Å². The molecule has 2 aromatic rings. The zero-order chi connectivity index (χ0) is 9.10.